The van der Waals surface area contributed by atoms with Crippen LogP contribution in [0.2, 0.25) is 0 Å². The van der Waals surface area contributed by atoms with Crippen molar-refractivity contribution < 1.29 is 47.7 Å². The van der Waals surface area contributed by atoms with E-state index in [9.17, 15) is 19.2 Å². The van der Waals surface area contributed by atoms with Crippen LogP contribution in [-0.4, -0.2) is 65.1 Å². The van der Waals surface area contributed by atoms with E-state index in [4.69, 9.17) is 28.5 Å². The number of nitrogens with zero attached hydrogens (tertiary/aromatic N) is 1. The van der Waals surface area contributed by atoms with Crippen molar-refractivity contribution in [2.75, 3.05) is 6.61 Å². The quantitative estimate of drug-likeness (QED) is 0.375. The summed E-state index contributed by atoms with van der Waals surface area (Å²) in [6.07, 6.45) is -5.17. The fraction of sp³-hybridized carbons (Fsp3) is 0.476. The van der Waals surface area contributed by atoms with E-state index in [-0.39, 0.29) is 6.61 Å². The Labute approximate surface area is 207 Å². The third kappa shape index (κ3) is 6.07. The van der Waals surface area contributed by atoms with Crippen LogP contribution in [0.15, 0.2) is 33.9 Å². The number of hydrogen-bond donors (Lipinski definition) is 0. The lowest BCUT2D eigenvalue weighted by Crippen LogP contribution is -2.67. The summed E-state index contributed by atoms with van der Waals surface area (Å²) in [5.74, 6) is -2.80. The summed E-state index contributed by atoms with van der Waals surface area (Å²) in [7, 11) is 0. The van der Waals surface area contributed by atoms with Crippen LogP contribution < -0.4 is 0 Å². The zero-order valence-electron chi connectivity index (χ0n) is 18.6. The molecule has 184 valence electrons. The summed E-state index contributed by atoms with van der Waals surface area (Å²) in [5, 5.41) is 2.66. The first-order chi connectivity index (χ1) is 16.0. The molecule has 1 saturated heterocycles. The molecule has 1 aromatic rings. The third-order valence-corrected chi connectivity index (χ3v) is 6.31. The van der Waals surface area contributed by atoms with Crippen molar-refractivity contribution in [1.82, 2.24) is 0 Å². The number of halogens is 1. The Morgan fingerprint density at radius 3 is 2.09 bits per heavy atom. The molecule has 3 rings (SSSR count). The van der Waals surface area contributed by atoms with Crippen molar-refractivity contribution in [3.63, 3.8) is 0 Å². The highest BCUT2D eigenvalue weighted by Crippen LogP contribution is 2.48. The van der Waals surface area contributed by atoms with Gasteiger partial charge in [0.1, 0.15) is 17.8 Å². The van der Waals surface area contributed by atoms with Crippen LogP contribution in [0.4, 0.5) is 0 Å². The molecular weight excluding hydrogens is 538 g/mol. The number of thioether (sulfide) groups is 1. The van der Waals surface area contributed by atoms with Gasteiger partial charge < -0.3 is 28.5 Å². The fourth-order valence-corrected chi connectivity index (χ4v) is 4.78. The Hall–Kier alpha value is -2.64. The van der Waals surface area contributed by atoms with Crippen molar-refractivity contribution in [3.05, 3.63) is 34.3 Å². The van der Waals surface area contributed by atoms with E-state index in [0.29, 0.717) is 10.6 Å². The lowest BCUT2D eigenvalue weighted by atomic mass is 9.98. The predicted molar refractivity (Wildman–Crippen MR) is 120 cm³/mol. The Balaban J connectivity index is 2.02. The first kappa shape index (κ1) is 26.0. The average molecular weight is 560 g/mol. The van der Waals surface area contributed by atoms with E-state index in [1.807, 2.05) is 0 Å². The summed E-state index contributed by atoms with van der Waals surface area (Å²) in [5.41, 5.74) is 0.679. The second-order valence-electron chi connectivity index (χ2n) is 7.34. The second kappa shape index (κ2) is 10.7. The van der Waals surface area contributed by atoms with E-state index < -0.39 is 53.4 Å². The minimum absolute atomic E-state index is 0.364. The van der Waals surface area contributed by atoms with Crippen LogP contribution in [0.5, 0.6) is 0 Å². The molecule has 0 radical (unpaired) electrons. The Kier molecular flexibility index (Phi) is 8.21. The largest absolute Gasteiger partial charge is 0.463 e. The molecule has 1 aromatic carbocycles. The van der Waals surface area contributed by atoms with Gasteiger partial charge in [0.2, 0.25) is 6.10 Å². The zero-order chi connectivity index (χ0) is 25.0. The maximum Gasteiger partial charge on any atom is 0.332 e. The maximum atomic E-state index is 12.0. The Morgan fingerprint density at radius 2 is 1.53 bits per heavy atom. The first-order valence-electron chi connectivity index (χ1n) is 10.0. The van der Waals surface area contributed by atoms with Crippen LogP contribution in [0.1, 0.15) is 33.3 Å². The smallest absolute Gasteiger partial charge is 0.332 e. The first-order valence-corrected chi connectivity index (χ1v) is 11.7. The Morgan fingerprint density at radius 1 is 0.941 bits per heavy atom. The molecule has 11 nitrogen and oxygen atoms in total. The van der Waals surface area contributed by atoms with E-state index >= 15 is 0 Å². The van der Waals surface area contributed by atoms with Crippen LogP contribution in [0.3, 0.4) is 0 Å². The molecule has 2 heterocycles. The Bertz CT molecular complexity index is 1000. The van der Waals surface area contributed by atoms with E-state index in [0.717, 1.165) is 37.0 Å². The number of esters is 4. The van der Waals surface area contributed by atoms with Gasteiger partial charge in [0.05, 0.1) is 0 Å². The highest BCUT2D eigenvalue weighted by Gasteiger charge is 2.65. The van der Waals surface area contributed by atoms with Gasteiger partial charge in [-0.3, -0.25) is 19.2 Å². The molecule has 0 bridgehead atoms. The molecule has 0 unspecified atom stereocenters. The summed E-state index contributed by atoms with van der Waals surface area (Å²) in [6.45, 7) is 4.28. The SMILES string of the molecule is CC(=O)OC[C@H]1O[C@@]2(ON=C(c3ccc(Br)cc3)S2)[C@H](OC(C)=O)[C@@H](OC(C)=O)[C@@H]1OC(C)=O. The molecule has 0 aromatic heterocycles. The highest BCUT2D eigenvalue weighted by molar-refractivity contribution is 9.10. The second-order valence-corrected chi connectivity index (χ2v) is 9.41. The van der Waals surface area contributed by atoms with Gasteiger partial charge in [0, 0.05) is 37.7 Å². The molecule has 34 heavy (non-hydrogen) atoms. The molecule has 0 saturated carbocycles. The van der Waals surface area contributed by atoms with Crippen LogP contribution in [-0.2, 0) is 47.7 Å². The lowest BCUT2D eigenvalue weighted by molar-refractivity contribution is -0.323. The fourth-order valence-electron chi connectivity index (χ4n) is 3.37. The molecule has 2 aliphatic rings. The molecule has 5 atom stereocenters. The standard InChI is InChI=1S/C21H22BrNO10S/c1-10(24)28-9-16-17(29-11(2)25)18(30-12(3)26)19(31-13(4)27)21(32-16)33-23-20(34-21)14-5-7-15(22)8-6-14/h5-8,16-19H,9H2,1-4H3/t16-,17-,18+,19-,21-/m1/s1. The van der Waals surface area contributed by atoms with Crippen molar-refractivity contribution in [2.45, 2.75) is 57.2 Å². The van der Waals surface area contributed by atoms with Crippen LogP contribution in [0.25, 0.3) is 0 Å². The molecule has 2 aliphatic heterocycles. The summed E-state index contributed by atoms with van der Waals surface area (Å²) < 4.78 is 28.3. The molecule has 13 heteroatoms. The maximum absolute atomic E-state index is 12.0. The van der Waals surface area contributed by atoms with E-state index in [1.165, 1.54) is 6.92 Å². The molecule has 0 N–H and O–H groups in total. The number of carbonyl (C=O) groups excluding carboxylic acids is 4. The van der Waals surface area contributed by atoms with E-state index in [1.54, 1.807) is 24.3 Å². The minimum Gasteiger partial charge on any atom is -0.463 e. The zero-order valence-corrected chi connectivity index (χ0v) is 21.0. The van der Waals surface area contributed by atoms with Gasteiger partial charge in [0.25, 0.3) is 0 Å². The van der Waals surface area contributed by atoms with Gasteiger partial charge in [-0.1, -0.05) is 33.2 Å². The van der Waals surface area contributed by atoms with Gasteiger partial charge in [-0.05, 0) is 23.9 Å². The number of benzene rings is 1. The van der Waals surface area contributed by atoms with Gasteiger partial charge in [-0.15, -0.1) is 0 Å². The normalized spacial score (nSPS) is 27.9. The van der Waals surface area contributed by atoms with Gasteiger partial charge >= 0.3 is 29.0 Å². The number of ether oxygens (including phenoxy) is 5. The number of carbonyl (C=O) groups is 4. The number of oxime groups is 1. The third-order valence-electron chi connectivity index (χ3n) is 4.59. The molecular formula is C21H22BrNO10S. The monoisotopic (exact) mass is 559 g/mol. The summed E-state index contributed by atoms with van der Waals surface area (Å²) in [6, 6.07) is 7.17. The number of rotatable bonds is 6. The molecule has 1 fully saturated rings. The predicted octanol–water partition coefficient (Wildman–Crippen LogP) is 2.28. The summed E-state index contributed by atoms with van der Waals surface area (Å²) >= 11 is 4.34. The molecule has 0 amide bonds. The van der Waals surface area contributed by atoms with Crippen LogP contribution in [0, 0.1) is 0 Å². The van der Waals surface area contributed by atoms with Gasteiger partial charge in [-0.2, -0.15) is 0 Å². The van der Waals surface area contributed by atoms with Gasteiger partial charge in [0.15, 0.2) is 12.2 Å². The van der Waals surface area contributed by atoms with Crippen molar-refractivity contribution in [1.29, 1.82) is 0 Å². The van der Waals surface area contributed by atoms with Crippen molar-refractivity contribution in [3.8, 4) is 0 Å². The van der Waals surface area contributed by atoms with Crippen molar-refractivity contribution >= 4 is 56.6 Å². The van der Waals surface area contributed by atoms with Gasteiger partial charge in [-0.25, -0.2) is 0 Å². The minimum atomic E-state index is -1.82. The van der Waals surface area contributed by atoms with Crippen molar-refractivity contribution in [2.24, 2.45) is 5.16 Å². The topological polar surface area (TPSA) is 136 Å². The molecule has 1 spiro atoms. The highest BCUT2D eigenvalue weighted by atomic mass is 79.9. The number of hydrogen-bond acceptors (Lipinski definition) is 12. The average Bonchev–Trinajstić information content (AvgIpc) is 3.16. The lowest BCUT2D eigenvalue weighted by Gasteiger charge is -2.47. The van der Waals surface area contributed by atoms with Crippen LogP contribution >= 0.6 is 27.7 Å². The summed E-state index contributed by atoms with van der Waals surface area (Å²) in [4.78, 5) is 52.9. The molecule has 0 aliphatic carbocycles. The van der Waals surface area contributed by atoms with E-state index in [2.05, 4.69) is 21.1 Å².